The van der Waals surface area contributed by atoms with Crippen LogP contribution in [-0.4, -0.2) is 52.0 Å². The fourth-order valence-corrected chi connectivity index (χ4v) is 2.32. The zero-order valence-electron chi connectivity index (χ0n) is 13.1. The van der Waals surface area contributed by atoms with Crippen LogP contribution in [0.5, 0.6) is 0 Å². The molecule has 0 spiro atoms. The molecule has 0 aromatic carbocycles. The van der Waals surface area contributed by atoms with Gasteiger partial charge in [-0.25, -0.2) is 14.6 Å². The van der Waals surface area contributed by atoms with Crippen LogP contribution in [0.2, 0.25) is 0 Å². The van der Waals surface area contributed by atoms with Gasteiger partial charge in [-0.2, -0.15) is 5.10 Å². The van der Waals surface area contributed by atoms with E-state index in [9.17, 15) is 9.59 Å². The van der Waals surface area contributed by atoms with E-state index in [1.807, 2.05) is 6.07 Å². The highest BCUT2D eigenvalue weighted by Crippen LogP contribution is 2.11. The number of nitrogens with one attached hydrogen (secondary N) is 1. The third-order valence-corrected chi connectivity index (χ3v) is 3.55. The van der Waals surface area contributed by atoms with Crippen LogP contribution in [0, 0.1) is 0 Å². The maximum atomic E-state index is 11.9. The molecule has 2 aromatic heterocycles. The summed E-state index contributed by atoms with van der Waals surface area (Å²) in [6.07, 6.45) is 3.13. The minimum atomic E-state index is -0.323. The largest absolute Gasteiger partial charge is 0.378 e. The summed E-state index contributed by atoms with van der Waals surface area (Å²) in [4.78, 5) is 34.2. The molecule has 2 aromatic rings. The molecule has 1 fully saturated rings. The van der Waals surface area contributed by atoms with Crippen molar-refractivity contribution in [3.63, 3.8) is 0 Å². The van der Waals surface area contributed by atoms with Crippen molar-refractivity contribution in [1.29, 1.82) is 0 Å². The first-order valence-corrected chi connectivity index (χ1v) is 7.66. The number of morpholine rings is 1. The van der Waals surface area contributed by atoms with Gasteiger partial charge in [-0.3, -0.25) is 9.59 Å². The molecule has 24 heavy (non-hydrogen) atoms. The Morgan fingerprint density at radius 3 is 2.88 bits per heavy atom. The average molecular weight is 330 g/mol. The third kappa shape index (κ3) is 4.13. The summed E-state index contributed by atoms with van der Waals surface area (Å²) in [5, 5.41) is 6.54. The average Bonchev–Trinajstić information content (AvgIpc) is 2.63. The van der Waals surface area contributed by atoms with Gasteiger partial charge in [-0.1, -0.05) is 0 Å². The summed E-state index contributed by atoms with van der Waals surface area (Å²) in [6, 6.07) is 4.72. The van der Waals surface area contributed by atoms with Crippen LogP contribution in [0.25, 0.3) is 0 Å². The van der Waals surface area contributed by atoms with E-state index in [1.165, 1.54) is 18.3 Å². The molecule has 1 aliphatic heterocycles. The van der Waals surface area contributed by atoms with E-state index < -0.39 is 0 Å². The number of anilines is 1. The van der Waals surface area contributed by atoms with Gasteiger partial charge in [0, 0.05) is 31.5 Å². The smallest absolute Gasteiger partial charge is 0.267 e. The molecule has 3 rings (SSSR count). The standard InChI is InChI=1S/C15H18N6O3/c22-14(11-21-15(23)2-1-4-18-21)17-10-12-16-5-3-13(19-12)20-6-8-24-9-7-20/h1-5H,6-11H2,(H,17,22). The van der Waals surface area contributed by atoms with Gasteiger partial charge >= 0.3 is 0 Å². The molecule has 3 heterocycles. The lowest BCUT2D eigenvalue weighted by atomic mass is 10.4. The predicted molar refractivity (Wildman–Crippen MR) is 85.4 cm³/mol. The minimum absolute atomic E-state index is 0.136. The Bertz CT molecular complexity index is 757. The highest BCUT2D eigenvalue weighted by molar-refractivity contribution is 5.75. The molecule has 9 heteroatoms. The van der Waals surface area contributed by atoms with Gasteiger partial charge in [0.15, 0.2) is 0 Å². The van der Waals surface area contributed by atoms with Crippen LogP contribution in [0.4, 0.5) is 5.82 Å². The SMILES string of the molecule is O=C(Cn1ncccc1=O)NCc1nccc(N2CCOCC2)n1. The zero-order chi connectivity index (χ0) is 16.8. The molecular weight excluding hydrogens is 312 g/mol. The molecule has 0 saturated carbocycles. The van der Waals surface area contributed by atoms with Crippen molar-refractivity contribution in [3.8, 4) is 0 Å². The number of hydrogen-bond acceptors (Lipinski definition) is 7. The van der Waals surface area contributed by atoms with Crippen LogP contribution in [0.3, 0.4) is 0 Å². The van der Waals surface area contributed by atoms with Gasteiger partial charge in [0.2, 0.25) is 5.91 Å². The molecule has 0 bridgehead atoms. The highest BCUT2D eigenvalue weighted by Gasteiger charge is 2.13. The van der Waals surface area contributed by atoms with Crippen molar-refractivity contribution >= 4 is 11.7 Å². The number of hydrogen-bond donors (Lipinski definition) is 1. The van der Waals surface area contributed by atoms with Crippen molar-refractivity contribution in [3.05, 3.63) is 46.8 Å². The van der Waals surface area contributed by atoms with Gasteiger partial charge in [-0.05, 0) is 12.1 Å². The predicted octanol–water partition coefficient (Wildman–Crippen LogP) is -0.814. The van der Waals surface area contributed by atoms with Crippen LogP contribution >= 0.6 is 0 Å². The normalized spacial score (nSPS) is 14.4. The van der Waals surface area contributed by atoms with Crippen LogP contribution in [-0.2, 0) is 22.6 Å². The van der Waals surface area contributed by atoms with Gasteiger partial charge in [0.1, 0.15) is 18.2 Å². The maximum Gasteiger partial charge on any atom is 0.267 e. The lowest BCUT2D eigenvalue weighted by Gasteiger charge is -2.27. The zero-order valence-corrected chi connectivity index (χ0v) is 13.1. The second-order valence-corrected chi connectivity index (χ2v) is 5.23. The van der Waals surface area contributed by atoms with E-state index in [0.717, 1.165) is 23.6 Å². The van der Waals surface area contributed by atoms with E-state index in [0.29, 0.717) is 19.0 Å². The minimum Gasteiger partial charge on any atom is -0.378 e. The second-order valence-electron chi connectivity index (χ2n) is 5.23. The molecule has 1 aliphatic rings. The second kappa shape index (κ2) is 7.64. The fraction of sp³-hybridized carbons (Fsp3) is 0.400. The molecule has 1 saturated heterocycles. The van der Waals surface area contributed by atoms with Crippen molar-refractivity contribution in [2.45, 2.75) is 13.1 Å². The van der Waals surface area contributed by atoms with Crippen LogP contribution in [0.15, 0.2) is 35.4 Å². The van der Waals surface area contributed by atoms with E-state index in [-0.39, 0.29) is 24.6 Å². The van der Waals surface area contributed by atoms with Crippen LogP contribution in [0.1, 0.15) is 5.82 Å². The monoisotopic (exact) mass is 330 g/mol. The molecule has 1 amide bonds. The number of carbonyl (C=O) groups excluding carboxylic acids is 1. The molecule has 0 atom stereocenters. The summed E-state index contributed by atoms with van der Waals surface area (Å²) in [7, 11) is 0. The number of ether oxygens (including phenoxy) is 1. The lowest BCUT2D eigenvalue weighted by molar-refractivity contribution is -0.122. The Kier molecular flexibility index (Phi) is 5.12. The summed E-state index contributed by atoms with van der Waals surface area (Å²) in [5.74, 6) is 1.01. The maximum absolute atomic E-state index is 11.9. The number of nitrogens with zero attached hydrogens (tertiary/aromatic N) is 5. The Morgan fingerprint density at radius 1 is 1.25 bits per heavy atom. The number of rotatable bonds is 5. The Hall–Kier alpha value is -2.81. The number of aromatic nitrogens is 4. The summed E-state index contributed by atoms with van der Waals surface area (Å²) >= 11 is 0. The number of amides is 1. The molecule has 0 radical (unpaired) electrons. The van der Waals surface area contributed by atoms with E-state index >= 15 is 0 Å². The topological polar surface area (TPSA) is 102 Å². The van der Waals surface area contributed by atoms with Gasteiger partial charge in [-0.15, -0.1) is 0 Å². The molecular formula is C15H18N6O3. The van der Waals surface area contributed by atoms with E-state index in [1.54, 1.807) is 6.20 Å². The third-order valence-electron chi connectivity index (χ3n) is 3.55. The van der Waals surface area contributed by atoms with E-state index in [2.05, 4.69) is 25.3 Å². The lowest BCUT2D eigenvalue weighted by Crippen LogP contribution is -2.37. The van der Waals surface area contributed by atoms with Gasteiger partial charge in [0.05, 0.1) is 19.8 Å². The van der Waals surface area contributed by atoms with Crippen molar-refractivity contribution in [2.75, 3.05) is 31.2 Å². The Balaban J connectivity index is 1.57. The molecule has 0 aliphatic carbocycles. The first-order valence-electron chi connectivity index (χ1n) is 7.66. The highest BCUT2D eigenvalue weighted by atomic mass is 16.5. The van der Waals surface area contributed by atoms with Crippen LogP contribution < -0.4 is 15.8 Å². The summed E-state index contributed by atoms with van der Waals surface area (Å²) < 4.78 is 6.42. The fourth-order valence-electron chi connectivity index (χ4n) is 2.32. The van der Waals surface area contributed by atoms with Crippen molar-refractivity contribution in [1.82, 2.24) is 25.1 Å². The molecule has 9 nitrogen and oxygen atoms in total. The van der Waals surface area contributed by atoms with E-state index in [4.69, 9.17) is 4.74 Å². The first-order chi connectivity index (χ1) is 11.7. The molecule has 126 valence electrons. The Morgan fingerprint density at radius 2 is 2.08 bits per heavy atom. The summed E-state index contributed by atoms with van der Waals surface area (Å²) in [6.45, 7) is 2.97. The molecule has 0 unspecified atom stereocenters. The number of carbonyl (C=O) groups is 1. The quantitative estimate of drug-likeness (QED) is 0.764. The Labute approximate surface area is 138 Å². The first kappa shape index (κ1) is 16.1. The molecule has 1 N–H and O–H groups in total. The van der Waals surface area contributed by atoms with Crippen molar-refractivity contribution < 1.29 is 9.53 Å². The van der Waals surface area contributed by atoms with Gasteiger partial charge in [0.25, 0.3) is 5.56 Å². The van der Waals surface area contributed by atoms with Crippen molar-refractivity contribution in [2.24, 2.45) is 0 Å². The van der Waals surface area contributed by atoms with Gasteiger partial charge < -0.3 is 15.0 Å². The summed E-state index contributed by atoms with van der Waals surface area (Å²) in [5.41, 5.74) is -0.321.